The number of hydrogen-bond acceptors (Lipinski definition) is 4. The Bertz CT molecular complexity index is 1260. The van der Waals surface area contributed by atoms with Crippen LogP contribution < -0.4 is 5.32 Å². The first-order chi connectivity index (χ1) is 15.1. The number of aromatic nitrogens is 4. The summed E-state index contributed by atoms with van der Waals surface area (Å²) in [4.78, 5) is 32.1. The lowest BCUT2D eigenvalue weighted by Gasteiger charge is -2.36. The molecule has 0 radical (unpaired) electrons. The van der Waals surface area contributed by atoms with Crippen LogP contribution in [0.1, 0.15) is 26.5 Å². The van der Waals surface area contributed by atoms with Crippen LogP contribution in [0.2, 0.25) is 0 Å². The molecule has 1 atom stereocenters. The number of benzene rings is 1. The Morgan fingerprint density at radius 2 is 2.03 bits per heavy atom. The van der Waals surface area contributed by atoms with Crippen molar-refractivity contribution in [1.82, 2.24) is 29.5 Å². The summed E-state index contributed by atoms with van der Waals surface area (Å²) in [5.41, 5.74) is 2.89. The monoisotopic (exact) mass is 414 g/mol. The molecule has 1 N–H and O–H groups in total. The van der Waals surface area contributed by atoms with E-state index in [2.05, 4.69) is 15.4 Å². The molecule has 0 fully saturated rings. The fourth-order valence-electron chi connectivity index (χ4n) is 4.15. The second-order valence-corrected chi connectivity index (χ2v) is 7.69. The third kappa shape index (κ3) is 3.46. The van der Waals surface area contributed by atoms with Gasteiger partial charge in [0.1, 0.15) is 5.69 Å². The Hall–Kier alpha value is -3.94. The van der Waals surface area contributed by atoms with Crippen LogP contribution >= 0.6 is 0 Å². The number of pyridine rings is 1. The zero-order valence-corrected chi connectivity index (χ0v) is 17.1. The van der Waals surface area contributed by atoms with Crippen LogP contribution in [0.25, 0.3) is 10.9 Å². The Morgan fingerprint density at radius 1 is 1.16 bits per heavy atom. The van der Waals surface area contributed by atoms with E-state index in [9.17, 15) is 9.59 Å². The van der Waals surface area contributed by atoms with E-state index in [1.807, 2.05) is 71.2 Å². The van der Waals surface area contributed by atoms with Crippen LogP contribution in [-0.2, 0) is 20.1 Å². The molecule has 3 aromatic heterocycles. The Balaban J connectivity index is 1.38. The molecule has 1 aliphatic heterocycles. The standard InChI is InChI=1S/C23H22N6O2/c1-27-19-8-3-2-7-18(19)21(26-27)22(30)25-13-17-15-28-11-5-9-20(28)23(31)29(17)14-16-6-4-10-24-12-16/h2-12,17H,13-15H2,1H3,(H,25,30). The van der Waals surface area contributed by atoms with Gasteiger partial charge in [0, 0.05) is 50.7 Å². The van der Waals surface area contributed by atoms with E-state index in [0.29, 0.717) is 31.0 Å². The maximum absolute atomic E-state index is 13.1. The molecular formula is C23H22N6O2. The first-order valence-corrected chi connectivity index (χ1v) is 10.2. The van der Waals surface area contributed by atoms with Crippen molar-refractivity contribution < 1.29 is 9.59 Å². The fraction of sp³-hybridized carbons (Fsp3) is 0.217. The molecule has 1 aliphatic rings. The molecule has 0 saturated heterocycles. The van der Waals surface area contributed by atoms with Crippen molar-refractivity contribution in [2.45, 2.75) is 19.1 Å². The molecule has 2 amide bonds. The number of hydrogen-bond donors (Lipinski definition) is 1. The quantitative estimate of drug-likeness (QED) is 0.543. The number of rotatable bonds is 5. The number of carbonyl (C=O) groups excluding carboxylic acids is 2. The SMILES string of the molecule is Cn1nc(C(=O)NCC2Cn3cccc3C(=O)N2Cc2cccnc2)c2ccccc21. The topological polar surface area (TPSA) is 85.0 Å². The molecule has 4 heterocycles. The average Bonchev–Trinajstić information content (AvgIpc) is 3.40. The van der Waals surface area contributed by atoms with Crippen LogP contribution in [0, 0.1) is 0 Å². The summed E-state index contributed by atoms with van der Waals surface area (Å²) in [6.07, 6.45) is 5.37. The van der Waals surface area contributed by atoms with Crippen molar-refractivity contribution in [3.8, 4) is 0 Å². The van der Waals surface area contributed by atoms with E-state index in [-0.39, 0.29) is 17.9 Å². The Labute approximate surface area is 179 Å². The first-order valence-electron chi connectivity index (χ1n) is 10.2. The molecule has 1 aromatic carbocycles. The minimum Gasteiger partial charge on any atom is -0.348 e. The van der Waals surface area contributed by atoms with Gasteiger partial charge in [0.25, 0.3) is 11.8 Å². The van der Waals surface area contributed by atoms with Crippen molar-refractivity contribution in [1.29, 1.82) is 0 Å². The number of amides is 2. The minimum absolute atomic E-state index is 0.0531. The van der Waals surface area contributed by atoms with E-state index < -0.39 is 0 Å². The van der Waals surface area contributed by atoms with Gasteiger partial charge in [-0.15, -0.1) is 0 Å². The highest BCUT2D eigenvalue weighted by Crippen LogP contribution is 2.21. The zero-order valence-electron chi connectivity index (χ0n) is 17.1. The Kier molecular flexibility index (Phi) is 4.74. The molecule has 0 saturated carbocycles. The van der Waals surface area contributed by atoms with Crippen molar-refractivity contribution in [3.05, 3.63) is 84.1 Å². The summed E-state index contributed by atoms with van der Waals surface area (Å²) in [5.74, 6) is -0.300. The molecule has 31 heavy (non-hydrogen) atoms. The van der Waals surface area contributed by atoms with Crippen molar-refractivity contribution >= 4 is 22.7 Å². The molecule has 0 spiro atoms. The average molecular weight is 414 g/mol. The van der Waals surface area contributed by atoms with Gasteiger partial charge in [0.15, 0.2) is 5.69 Å². The van der Waals surface area contributed by atoms with Gasteiger partial charge in [0.2, 0.25) is 0 Å². The summed E-state index contributed by atoms with van der Waals surface area (Å²) in [6.45, 7) is 1.37. The summed E-state index contributed by atoms with van der Waals surface area (Å²) < 4.78 is 3.64. The molecule has 4 aromatic rings. The highest BCUT2D eigenvalue weighted by molar-refractivity contribution is 6.04. The maximum atomic E-state index is 13.1. The van der Waals surface area contributed by atoms with E-state index >= 15 is 0 Å². The molecule has 8 heteroatoms. The number of para-hydroxylation sites is 1. The number of carbonyl (C=O) groups is 2. The Morgan fingerprint density at radius 3 is 2.87 bits per heavy atom. The maximum Gasteiger partial charge on any atom is 0.272 e. The second-order valence-electron chi connectivity index (χ2n) is 7.69. The third-order valence-electron chi connectivity index (χ3n) is 5.70. The van der Waals surface area contributed by atoms with Crippen molar-refractivity contribution in [2.24, 2.45) is 7.05 Å². The summed E-state index contributed by atoms with van der Waals surface area (Å²) in [6, 6.07) is 15.0. The van der Waals surface area contributed by atoms with E-state index in [0.717, 1.165) is 16.5 Å². The highest BCUT2D eigenvalue weighted by atomic mass is 16.2. The molecule has 0 aliphatic carbocycles. The normalized spacial score (nSPS) is 15.8. The van der Waals surface area contributed by atoms with Gasteiger partial charge in [-0.2, -0.15) is 5.10 Å². The van der Waals surface area contributed by atoms with E-state index in [4.69, 9.17) is 0 Å². The summed E-state index contributed by atoms with van der Waals surface area (Å²) >= 11 is 0. The third-order valence-corrected chi connectivity index (χ3v) is 5.70. The van der Waals surface area contributed by atoms with E-state index in [1.54, 1.807) is 17.1 Å². The number of nitrogens with one attached hydrogen (secondary N) is 1. The molecule has 0 bridgehead atoms. The number of aryl methyl sites for hydroxylation is 1. The van der Waals surface area contributed by atoms with Crippen molar-refractivity contribution in [3.63, 3.8) is 0 Å². The predicted molar refractivity (Wildman–Crippen MR) is 115 cm³/mol. The molecular weight excluding hydrogens is 392 g/mol. The molecule has 1 unspecified atom stereocenters. The van der Waals surface area contributed by atoms with Gasteiger partial charge in [-0.1, -0.05) is 24.3 Å². The van der Waals surface area contributed by atoms with Crippen LogP contribution in [0.15, 0.2) is 67.1 Å². The minimum atomic E-state index is -0.246. The second kappa shape index (κ2) is 7.71. The lowest BCUT2D eigenvalue weighted by atomic mass is 10.1. The summed E-state index contributed by atoms with van der Waals surface area (Å²) in [5, 5.41) is 8.20. The summed E-state index contributed by atoms with van der Waals surface area (Å²) in [7, 11) is 1.82. The fourth-order valence-corrected chi connectivity index (χ4v) is 4.15. The van der Waals surface area contributed by atoms with Crippen LogP contribution in [0.3, 0.4) is 0 Å². The van der Waals surface area contributed by atoms with Gasteiger partial charge in [-0.3, -0.25) is 19.3 Å². The lowest BCUT2D eigenvalue weighted by Crippen LogP contribution is -2.52. The van der Waals surface area contributed by atoms with Crippen LogP contribution in [-0.4, -0.2) is 48.6 Å². The van der Waals surface area contributed by atoms with Gasteiger partial charge in [0.05, 0.1) is 11.6 Å². The zero-order chi connectivity index (χ0) is 21.4. The van der Waals surface area contributed by atoms with Crippen molar-refractivity contribution in [2.75, 3.05) is 6.54 Å². The predicted octanol–water partition coefficient (Wildman–Crippen LogP) is 2.22. The van der Waals surface area contributed by atoms with Gasteiger partial charge in [-0.05, 0) is 29.8 Å². The van der Waals surface area contributed by atoms with Gasteiger partial charge >= 0.3 is 0 Å². The van der Waals surface area contributed by atoms with Gasteiger partial charge < -0.3 is 14.8 Å². The first kappa shape index (κ1) is 19.0. The van der Waals surface area contributed by atoms with Crippen LogP contribution in [0.4, 0.5) is 0 Å². The van der Waals surface area contributed by atoms with Gasteiger partial charge in [-0.25, -0.2) is 0 Å². The lowest BCUT2D eigenvalue weighted by molar-refractivity contribution is 0.0562. The number of nitrogens with zero attached hydrogens (tertiary/aromatic N) is 5. The van der Waals surface area contributed by atoms with E-state index in [1.165, 1.54) is 0 Å². The largest absolute Gasteiger partial charge is 0.348 e. The smallest absolute Gasteiger partial charge is 0.272 e. The molecule has 156 valence electrons. The highest BCUT2D eigenvalue weighted by Gasteiger charge is 2.32. The molecule has 8 nitrogen and oxygen atoms in total. The molecule has 5 rings (SSSR count). The van der Waals surface area contributed by atoms with Crippen LogP contribution in [0.5, 0.6) is 0 Å². The number of fused-ring (bicyclic) bond motifs is 2.